The van der Waals surface area contributed by atoms with E-state index in [2.05, 4.69) is 47.0 Å². The van der Waals surface area contributed by atoms with Gasteiger partial charge in [0.05, 0.1) is 24.2 Å². The lowest BCUT2D eigenvalue weighted by Crippen LogP contribution is -2.51. The number of ether oxygens (including phenoxy) is 1. The Morgan fingerprint density at radius 3 is 2.64 bits per heavy atom. The fourth-order valence-electron chi connectivity index (χ4n) is 4.39. The lowest BCUT2D eigenvalue weighted by Gasteiger charge is -2.34. The van der Waals surface area contributed by atoms with E-state index in [1.54, 1.807) is 0 Å². The summed E-state index contributed by atoms with van der Waals surface area (Å²) < 4.78 is 7.60. The largest absolute Gasteiger partial charge is 0.379 e. The van der Waals surface area contributed by atoms with Crippen LogP contribution in [-0.4, -0.2) is 77.4 Å². The van der Waals surface area contributed by atoms with Crippen molar-refractivity contribution in [3.05, 3.63) is 30.1 Å². The molecule has 0 radical (unpaired) electrons. The maximum atomic E-state index is 12.7. The van der Waals surface area contributed by atoms with Crippen molar-refractivity contribution in [2.24, 2.45) is 7.05 Å². The summed E-state index contributed by atoms with van der Waals surface area (Å²) >= 11 is 0. The van der Waals surface area contributed by atoms with Crippen LogP contribution in [-0.2, 0) is 11.8 Å². The van der Waals surface area contributed by atoms with Gasteiger partial charge in [-0.05, 0) is 31.9 Å². The zero-order valence-electron chi connectivity index (χ0n) is 16.9. The summed E-state index contributed by atoms with van der Waals surface area (Å²) in [6.07, 6.45) is 1.92. The molecule has 4 rings (SSSR count). The number of nitrogens with zero attached hydrogens (tertiary/aromatic N) is 4. The third-order valence-corrected chi connectivity index (χ3v) is 5.97. The van der Waals surface area contributed by atoms with Crippen molar-refractivity contribution in [2.75, 3.05) is 45.9 Å². The highest BCUT2D eigenvalue weighted by molar-refractivity contribution is 5.76. The number of nitrogens with one attached hydrogen (secondary N) is 1. The molecule has 0 bridgehead atoms. The van der Waals surface area contributed by atoms with Crippen LogP contribution in [0.1, 0.15) is 31.5 Å². The number of benzene rings is 1. The van der Waals surface area contributed by atoms with Gasteiger partial charge in [-0.15, -0.1) is 0 Å². The van der Waals surface area contributed by atoms with E-state index in [-0.39, 0.29) is 12.1 Å². The lowest BCUT2D eigenvalue weighted by molar-refractivity contribution is 0.0346. The maximum absolute atomic E-state index is 12.7. The summed E-state index contributed by atoms with van der Waals surface area (Å²) in [6, 6.07) is 8.47. The first-order chi connectivity index (χ1) is 13.6. The van der Waals surface area contributed by atoms with Crippen molar-refractivity contribution in [3.8, 4) is 0 Å². The molecule has 0 unspecified atom stereocenters. The molecular weight excluding hydrogens is 354 g/mol. The fraction of sp³-hybridized carbons (Fsp3) is 0.619. The fourth-order valence-corrected chi connectivity index (χ4v) is 4.39. The number of urea groups is 1. The van der Waals surface area contributed by atoms with Gasteiger partial charge in [-0.3, -0.25) is 4.90 Å². The van der Waals surface area contributed by atoms with Crippen LogP contribution in [0, 0.1) is 0 Å². The summed E-state index contributed by atoms with van der Waals surface area (Å²) in [4.78, 5) is 21.8. The van der Waals surface area contributed by atoms with Gasteiger partial charge >= 0.3 is 6.03 Å². The molecule has 0 spiro atoms. The van der Waals surface area contributed by atoms with E-state index in [1.807, 2.05) is 11.0 Å². The monoisotopic (exact) mass is 385 g/mol. The number of rotatable bonds is 4. The molecule has 152 valence electrons. The SMILES string of the molecule is C[C@@H](CN1CCOCC1)NC(=O)N1CCC(c2nc3ccccc3n2C)CC1. The van der Waals surface area contributed by atoms with E-state index >= 15 is 0 Å². The van der Waals surface area contributed by atoms with E-state index in [0.29, 0.717) is 5.92 Å². The molecule has 2 aliphatic rings. The summed E-state index contributed by atoms with van der Waals surface area (Å²) in [5.74, 6) is 1.55. The molecular formula is C21H31N5O2. The highest BCUT2D eigenvalue weighted by Gasteiger charge is 2.27. The minimum Gasteiger partial charge on any atom is -0.379 e. The molecule has 1 N–H and O–H groups in total. The second-order valence-electron chi connectivity index (χ2n) is 8.04. The third-order valence-electron chi connectivity index (χ3n) is 5.97. The lowest BCUT2D eigenvalue weighted by atomic mass is 9.96. The first kappa shape index (κ1) is 19.2. The molecule has 0 saturated carbocycles. The first-order valence-electron chi connectivity index (χ1n) is 10.4. The van der Waals surface area contributed by atoms with Crippen molar-refractivity contribution in [2.45, 2.75) is 31.7 Å². The van der Waals surface area contributed by atoms with E-state index in [0.717, 1.165) is 70.1 Å². The Morgan fingerprint density at radius 1 is 1.21 bits per heavy atom. The molecule has 1 atom stereocenters. The number of aromatic nitrogens is 2. The van der Waals surface area contributed by atoms with Gasteiger partial charge in [-0.1, -0.05) is 12.1 Å². The van der Waals surface area contributed by atoms with E-state index < -0.39 is 0 Å². The number of amides is 2. The molecule has 2 aromatic rings. The Kier molecular flexibility index (Phi) is 5.82. The van der Waals surface area contributed by atoms with Gasteiger partial charge in [0.2, 0.25) is 0 Å². The van der Waals surface area contributed by atoms with Crippen LogP contribution in [0.4, 0.5) is 4.79 Å². The molecule has 1 aromatic heterocycles. The molecule has 2 aliphatic heterocycles. The second kappa shape index (κ2) is 8.49. The number of imidazole rings is 1. The van der Waals surface area contributed by atoms with E-state index in [1.165, 1.54) is 5.52 Å². The van der Waals surface area contributed by atoms with Crippen LogP contribution in [0.2, 0.25) is 0 Å². The number of carbonyl (C=O) groups is 1. The van der Waals surface area contributed by atoms with Gasteiger partial charge in [0.1, 0.15) is 5.82 Å². The number of aryl methyl sites for hydroxylation is 1. The van der Waals surface area contributed by atoms with Crippen molar-refractivity contribution in [3.63, 3.8) is 0 Å². The number of piperidine rings is 1. The molecule has 0 aliphatic carbocycles. The van der Waals surface area contributed by atoms with Crippen molar-refractivity contribution >= 4 is 17.1 Å². The molecule has 7 nitrogen and oxygen atoms in total. The summed E-state index contributed by atoms with van der Waals surface area (Å²) in [6.45, 7) is 8.00. The zero-order valence-corrected chi connectivity index (χ0v) is 16.9. The van der Waals surface area contributed by atoms with Crippen molar-refractivity contribution < 1.29 is 9.53 Å². The van der Waals surface area contributed by atoms with Gasteiger partial charge in [0, 0.05) is 51.7 Å². The Hall–Kier alpha value is -2.12. The van der Waals surface area contributed by atoms with Crippen molar-refractivity contribution in [1.82, 2.24) is 24.7 Å². The van der Waals surface area contributed by atoms with Crippen molar-refractivity contribution in [1.29, 1.82) is 0 Å². The van der Waals surface area contributed by atoms with Gasteiger partial charge in [0.15, 0.2) is 0 Å². The highest BCUT2D eigenvalue weighted by Crippen LogP contribution is 2.29. The van der Waals surface area contributed by atoms with E-state index in [9.17, 15) is 4.79 Å². The molecule has 7 heteroatoms. The van der Waals surface area contributed by atoms with E-state index in [4.69, 9.17) is 9.72 Å². The highest BCUT2D eigenvalue weighted by atomic mass is 16.5. The van der Waals surface area contributed by atoms with Gasteiger partial charge in [-0.25, -0.2) is 9.78 Å². The first-order valence-corrected chi connectivity index (χ1v) is 10.4. The molecule has 28 heavy (non-hydrogen) atoms. The number of hydrogen-bond acceptors (Lipinski definition) is 4. The summed E-state index contributed by atoms with van der Waals surface area (Å²) in [5, 5.41) is 3.17. The number of hydrogen-bond donors (Lipinski definition) is 1. The number of likely N-dealkylation sites (tertiary alicyclic amines) is 1. The van der Waals surface area contributed by atoms with Crippen LogP contribution in [0.3, 0.4) is 0 Å². The second-order valence-corrected chi connectivity index (χ2v) is 8.04. The van der Waals surface area contributed by atoms with Crippen LogP contribution in [0.5, 0.6) is 0 Å². The topological polar surface area (TPSA) is 62.6 Å². The molecule has 3 heterocycles. The summed E-state index contributed by atoms with van der Waals surface area (Å²) in [5.41, 5.74) is 2.23. The zero-order chi connectivity index (χ0) is 19.5. The predicted molar refractivity (Wildman–Crippen MR) is 110 cm³/mol. The number of para-hydroxylation sites is 2. The van der Waals surface area contributed by atoms with Crippen LogP contribution in [0.25, 0.3) is 11.0 Å². The average molecular weight is 386 g/mol. The maximum Gasteiger partial charge on any atom is 0.317 e. The van der Waals surface area contributed by atoms with Gasteiger partial charge in [0.25, 0.3) is 0 Å². The van der Waals surface area contributed by atoms with Crippen LogP contribution in [0.15, 0.2) is 24.3 Å². The third kappa shape index (κ3) is 4.15. The van der Waals surface area contributed by atoms with Crippen LogP contribution >= 0.6 is 0 Å². The molecule has 2 saturated heterocycles. The van der Waals surface area contributed by atoms with Crippen LogP contribution < -0.4 is 5.32 Å². The Morgan fingerprint density at radius 2 is 1.93 bits per heavy atom. The number of fused-ring (bicyclic) bond motifs is 1. The summed E-state index contributed by atoms with van der Waals surface area (Å²) in [7, 11) is 2.09. The number of morpholine rings is 1. The normalized spacial score (nSPS) is 20.4. The number of carbonyl (C=O) groups excluding carboxylic acids is 1. The molecule has 1 aromatic carbocycles. The Bertz CT molecular complexity index is 806. The standard InChI is InChI=1S/C21H31N5O2/c1-16(15-25-11-13-28-14-12-25)22-21(27)26-9-7-17(8-10-26)20-23-18-5-3-4-6-19(18)24(20)2/h3-6,16-17H,7-15H2,1-2H3,(H,22,27)/t16-/m0/s1. The Labute approximate surface area is 166 Å². The minimum absolute atomic E-state index is 0.0595. The predicted octanol–water partition coefficient (Wildman–Crippen LogP) is 2.18. The minimum atomic E-state index is 0.0595. The smallest absolute Gasteiger partial charge is 0.317 e. The quantitative estimate of drug-likeness (QED) is 0.876. The molecule has 2 amide bonds. The molecule has 2 fully saturated rings. The average Bonchev–Trinajstić information content (AvgIpc) is 3.05. The Balaban J connectivity index is 1.29. The van der Waals surface area contributed by atoms with Gasteiger partial charge in [-0.2, -0.15) is 0 Å². The van der Waals surface area contributed by atoms with Gasteiger partial charge < -0.3 is 19.5 Å².